The van der Waals surface area contributed by atoms with E-state index in [1.165, 1.54) is 12.3 Å². The fourth-order valence-corrected chi connectivity index (χ4v) is 2.70. The molecular weight excluding hydrogens is 280 g/mol. The molecule has 0 radical (unpaired) electrons. The molecule has 5 heteroatoms. The first-order valence-electron chi connectivity index (χ1n) is 7.32. The summed E-state index contributed by atoms with van der Waals surface area (Å²) in [5, 5.41) is 0. The standard InChI is InChI=1S/C17H18N2O3/c1-12-10-19(17(21)14-7-8-16(20)18-9-14)11-15(22-12)13-5-3-2-4-6-13/h2-9,12,15H,10-11H2,1H3,(H,18,20)/t12-,15-/m1/s1. The maximum absolute atomic E-state index is 12.6. The lowest BCUT2D eigenvalue weighted by Gasteiger charge is -2.37. The van der Waals surface area contributed by atoms with E-state index in [-0.39, 0.29) is 23.7 Å². The number of ether oxygens (including phenoxy) is 1. The van der Waals surface area contributed by atoms with Gasteiger partial charge in [-0.2, -0.15) is 0 Å². The number of hydrogen-bond donors (Lipinski definition) is 1. The lowest BCUT2D eigenvalue weighted by atomic mass is 10.1. The second kappa shape index (κ2) is 6.15. The van der Waals surface area contributed by atoms with E-state index in [0.29, 0.717) is 18.7 Å². The maximum Gasteiger partial charge on any atom is 0.255 e. The van der Waals surface area contributed by atoms with Crippen molar-refractivity contribution >= 4 is 5.91 Å². The molecule has 2 aromatic rings. The minimum absolute atomic E-state index is 0.0364. The van der Waals surface area contributed by atoms with Crippen LogP contribution in [-0.4, -0.2) is 35.0 Å². The van der Waals surface area contributed by atoms with Crippen LogP contribution in [0.2, 0.25) is 0 Å². The van der Waals surface area contributed by atoms with Crippen molar-refractivity contribution in [3.05, 3.63) is 70.1 Å². The van der Waals surface area contributed by atoms with Crippen molar-refractivity contribution in [1.82, 2.24) is 9.88 Å². The first-order valence-corrected chi connectivity index (χ1v) is 7.32. The fourth-order valence-electron chi connectivity index (χ4n) is 2.70. The Morgan fingerprint density at radius 1 is 1.18 bits per heavy atom. The quantitative estimate of drug-likeness (QED) is 0.922. The maximum atomic E-state index is 12.6. The van der Waals surface area contributed by atoms with Crippen LogP contribution in [-0.2, 0) is 4.74 Å². The molecule has 1 amide bonds. The van der Waals surface area contributed by atoms with Crippen LogP contribution < -0.4 is 5.56 Å². The summed E-state index contributed by atoms with van der Waals surface area (Å²) in [5.74, 6) is -0.0904. The molecule has 0 aliphatic carbocycles. The van der Waals surface area contributed by atoms with Gasteiger partial charge in [-0.3, -0.25) is 9.59 Å². The van der Waals surface area contributed by atoms with E-state index >= 15 is 0 Å². The van der Waals surface area contributed by atoms with Crippen LogP contribution in [0.5, 0.6) is 0 Å². The molecule has 1 aromatic carbocycles. The molecule has 0 saturated carbocycles. The van der Waals surface area contributed by atoms with Crippen molar-refractivity contribution < 1.29 is 9.53 Å². The Balaban J connectivity index is 1.80. The molecule has 114 valence electrons. The van der Waals surface area contributed by atoms with Gasteiger partial charge >= 0.3 is 0 Å². The van der Waals surface area contributed by atoms with Crippen molar-refractivity contribution in [2.24, 2.45) is 0 Å². The Morgan fingerprint density at radius 3 is 2.64 bits per heavy atom. The summed E-state index contributed by atoms with van der Waals surface area (Å²) in [4.78, 5) is 28.0. The molecule has 0 bridgehead atoms. The van der Waals surface area contributed by atoms with Crippen molar-refractivity contribution in [2.75, 3.05) is 13.1 Å². The number of nitrogens with zero attached hydrogens (tertiary/aromatic N) is 1. The number of carbonyl (C=O) groups is 1. The molecule has 1 fully saturated rings. The fraction of sp³-hybridized carbons (Fsp3) is 0.294. The van der Waals surface area contributed by atoms with Gasteiger partial charge in [0.25, 0.3) is 5.91 Å². The van der Waals surface area contributed by atoms with Gasteiger partial charge in [-0.05, 0) is 18.6 Å². The third-order valence-electron chi connectivity index (χ3n) is 3.75. The summed E-state index contributed by atoms with van der Waals surface area (Å²) in [5.41, 5.74) is 1.34. The molecule has 5 nitrogen and oxygen atoms in total. The number of hydrogen-bond acceptors (Lipinski definition) is 3. The number of rotatable bonds is 2. The molecule has 1 aromatic heterocycles. The highest BCUT2D eigenvalue weighted by Gasteiger charge is 2.29. The number of aromatic nitrogens is 1. The zero-order valence-electron chi connectivity index (χ0n) is 12.4. The number of amides is 1. The number of morpholine rings is 1. The van der Waals surface area contributed by atoms with Gasteiger partial charge in [-0.15, -0.1) is 0 Å². The number of nitrogens with one attached hydrogen (secondary N) is 1. The summed E-state index contributed by atoms with van der Waals surface area (Å²) in [6.45, 7) is 3.01. The molecule has 1 aliphatic heterocycles. The van der Waals surface area contributed by atoms with Crippen LogP contribution in [0.15, 0.2) is 53.5 Å². The van der Waals surface area contributed by atoms with E-state index in [4.69, 9.17) is 4.74 Å². The van der Waals surface area contributed by atoms with Crippen LogP contribution in [0.1, 0.15) is 28.9 Å². The smallest absolute Gasteiger partial charge is 0.255 e. The van der Waals surface area contributed by atoms with E-state index in [9.17, 15) is 9.59 Å². The van der Waals surface area contributed by atoms with Gasteiger partial charge in [0.1, 0.15) is 6.10 Å². The first-order chi connectivity index (χ1) is 10.6. The van der Waals surface area contributed by atoms with Crippen molar-refractivity contribution in [3.8, 4) is 0 Å². The van der Waals surface area contributed by atoms with Crippen molar-refractivity contribution in [3.63, 3.8) is 0 Å². The average Bonchev–Trinajstić information content (AvgIpc) is 2.55. The molecule has 1 saturated heterocycles. The van der Waals surface area contributed by atoms with E-state index in [1.807, 2.05) is 37.3 Å². The average molecular weight is 298 g/mol. The molecule has 3 rings (SSSR count). The van der Waals surface area contributed by atoms with Gasteiger partial charge in [0.15, 0.2) is 0 Å². The molecule has 0 spiro atoms. The second-order valence-electron chi connectivity index (χ2n) is 5.50. The minimum atomic E-state index is -0.214. The molecular formula is C17H18N2O3. The molecule has 0 unspecified atom stereocenters. The van der Waals surface area contributed by atoms with Crippen LogP contribution in [0.4, 0.5) is 0 Å². The summed E-state index contributed by atoms with van der Waals surface area (Å²) >= 11 is 0. The Morgan fingerprint density at radius 2 is 1.95 bits per heavy atom. The van der Waals surface area contributed by atoms with Crippen LogP contribution in [0, 0.1) is 0 Å². The third kappa shape index (κ3) is 3.09. The number of carbonyl (C=O) groups excluding carboxylic acids is 1. The highest BCUT2D eigenvalue weighted by molar-refractivity contribution is 5.94. The molecule has 2 heterocycles. The first kappa shape index (κ1) is 14.5. The number of benzene rings is 1. The largest absolute Gasteiger partial charge is 0.367 e. The van der Waals surface area contributed by atoms with Crippen LogP contribution in [0.3, 0.4) is 0 Å². The topological polar surface area (TPSA) is 62.4 Å². The van der Waals surface area contributed by atoms with E-state index < -0.39 is 0 Å². The SMILES string of the molecule is C[C@@H]1CN(C(=O)c2ccc(=O)[nH]c2)C[C@H](c2ccccc2)O1. The monoisotopic (exact) mass is 298 g/mol. The zero-order chi connectivity index (χ0) is 15.5. The van der Waals surface area contributed by atoms with Gasteiger partial charge in [-0.25, -0.2) is 0 Å². The number of aromatic amines is 1. The zero-order valence-corrected chi connectivity index (χ0v) is 12.4. The van der Waals surface area contributed by atoms with E-state index in [2.05, 4.69) is 4.98 Å². The van der Waals surface area contributed by atoms with Gasteiger partial charge in [0.05, 0.1) is 18.2 Å². The third-order valence-corrected chi connectivity index (χ3v) is 3.75. The Bertz CT molecular complexity index is 691. The summed E-state index contributed by atoms with van der Waals surface area (Å²) in [6, 6.07) is 12.8. The van der Waals surface area contributed by atoms with Crippen LogP contribution >= 0.6 is 0 Å². The Labute approximate surface area is 128 Å². The lowest BCUT2D eigenvalue weighted by molar-refractivity contribution is -0.0691. The van der Waals surface area contributed by atoms with Crippen molar-refractivity contribution in [1.29, 1.82) is 0 Å². The van der Waals surface area contributed by atoms with Crippen molar-refractivity contribution in [2.45, 2.75) is 19.1 Å². The number of pyridine rings is 1. The summed E-state index contributed by atoms with van der Waals surface area (Å²) in [6.07, 6.45) is 1.30. The summed E-state index contributed by atoms with van der Waals surface area (Å²) < 4.78 is 5.96. The predicted molar refractivity (Wildman–Crippen MR) is 82.7 cm³/mol. The Kier molecular flexibility index (Phi) is 4.06. The van der Waals surface area contributed by atoms with Gasteiger partial charge in [0.2, 0.25) is 5.56 Å². The predicted octanol–water partition coefficient (Wildman–Crippen LogP) is 1.98. The molecule has 2 atom stereocenters. The van der Waals surface area contributed by atoms with Crippen LogP contribution in [0.25, 0.3) is 0 Å². The Hall–Kier alpha value is -2.40. The highest BCUT2D eigenvalue weighted by atomic mass is 16.5. The van der Waals surface area contributed by atoms with Gasteiger partial charge in [0, 0.05) is 18.8 Å². The van der Waals surface area contributed by atoms with E-state index in [0.717, 1.165) is 5.56 Å². The molecule has 22 heavy (non-hydrogen) atoms. The normalized spacial score (nSPS) is 21.6. The molecule has 1 aliphatic rings. The van der Waals surface area contributed by atoms with Gasteiger partial charge in [-0.1, -0.05) is 30.3 Å². The number of H-pyrrole nitrogens is 1. The highest BCUT2D eigenvalue weighted by Crippen LogP contribution is 2.25. The minimum Gasteiger partial charge on any atom is -0.367 e. The molecule has 1 N–H and O–H groups in total. The lowest BCUT2D eigenvalue weighted by Crippen LogP contribution is -2.46. The van der Waals surface area contributed by atoms with E-state index in [1.54, 1.807) is 11.0 Å². The summed E-state index contributed by atoms with van der Waals surface area (Å²) in [7, 11) is 0. The van der Waals surface area contributed by atoms with Gasteiger partial charge < -0.3 is 14.6 Å². The second-order valence-corrected chi connectivity index (χ2v) is 5.50.